The van der Waals surface area contributed by atoms with Crippen molar-refractivity contribution in [2.24, 2.45) is 0 Å². The summed E-state index contributed by atoms with van der Waals surface area (Å²) < 4.78 is 40.9. The van der Waals surface area contributed by atoms with E-state index >= 15 is 0 Å². The van der Waals surface area contributed by atoms with Crippen LogP contribution in [0.5, 0.6) is 0 Å². The lowest BCUT2D eigenvalue weighted by atomic mass is 9.92. The van der Waals surface area contributed by atoms with E-state index in [2.05, 4.69) is 10.7 Å². The summed E-state index contributed by atoms with van der Waals surface area (Å²) in [6.07, 6.45) is -1.26. The fraction of sp³-hybridized carbons (Fsp3) is 0.231. The molecule has 6 nitrogen and oxygen atoms in total. The molecular weight excluding hydrogens is 459 g/mol. The summed E-state index contributed by atoms with van der Waals surface area (Å²) in [5, 5.41) is 14.2. The lowest BCUT2D eigenvalue weighted by Gasteiger charge is -2.27. The van der Waals surface area contributed by atoms with Crippen molar-refractivity contribution in [3.8, 4) is 11.1 Å². The second-order valence-electron chi connectivity index (χ2n) is 8.47. The fourth-order valence-electron chi connectivity index (χ4n) is 4.07. The van der Waals surface area contributed by atoms with Crippen molar-refractivity contribution in [2.75, 3.05) is 11.6 Å². The first-order chi connectivity index (χ1) is 16.7. The Morgan fingerprint density at radius 1 is 1.00 bits per heavy atom. The predicted octanol–water partition coefficient (Wildman–Crippen LogP) is 3.96. The molecule has 35 heavy (non-hydrogen) atoms. The third-order valence-corrected chi connectivity index (χ3v) is 6.01. The van der Waals surface area contributed by atoms with Crippen LogP contribution in [0.3, 0.4) is 0 Å². The van der Waals surface area contributed by atoms with Gasteiger partial charge in [-0.2, -0.15) is 0 Å². The van der Waals surface area contributed by atoms with Crippen molar-refractivity contribution in [2.45, 2.75) is 31.9 Å². The average molecular weight is 483 g/mol. The van der Waals surface area contributed by atoms with Crippen LogP contribution in [0.4, 0.5) is 18.9 Å². The molecule has 1 aliphatic heterocycles. The van der Waals surface area contributed by atoms with Gasteiger partial charge in [0, 0.05) is 18.2 Å². The highest BCUT2D eigenvalue weighted by Gasteiger charge is 2.33. The minimum absolute atomic E-state index is 0.0260. The van der Waals surface area contributed by atoms with Crippen molar-refractivity contribution < 1.29 is 27.9 Å². The number of para-hydroxylation sites is 1. The van der Waals surface area contributed by atoms with Gasteiger partial charge in [0.25, 0.3) is 11.8 Å². The Hall–Kier alpha value is -3.69. The van der Waals surface area contributed by atoms with Crippen LogP contribution in [0.1, 0.15) is 37.0 Å². The Bertz CT molecular complexity index is 1260. The van der Waals surface area contributed by atoms with E-state index < -0.39 is 47.3 Å². The first-order valence-electron chi connectivity index (χ1n) is 11.1. The molecule has 182 valence electrons. The minimum Gasteiger partial charge on any atom is -0.387 e. The van der Waals surface area contributed by atoms with E-state index in [0.29, 0.717) is 28.4 Å². The van der Waals surface area contributed by atoms with Gasteiger partial charge in [0.2, 0.25) is 0 Å². The molecule has 1 unspecified atom stereocenters. The number of rotatable bonds is 6. The molecule has 1 heterocycles. The minimum atomic E-state index is -1.26. The first-order valence-corrected chi connectivity index (χ1v) is 11.1. The molecule has 0 saturated heterocycles. The summed E-state index contributed by atoms with van der Waals surface area (Å²) in [6, 6.07) is 12.9. The third-order valence-electron chi connectivity index (χ3n) is 6.01. The number of aliphatic hydroxyl groups is 1. The topological polar surface area (TPSA) is 81.7 Å². The SMILES string of the molecule is CC1C(=O)N(NC(=O)[C@H](C)NC[C@@H](O)c2cc(F)cc(F)c2)c2ccccc2-c2cc(F)ccc21. The standard InChI is InChI=1S/C26H24F3N3O3/c1-14-20-8-7-17(27)12-22(20)21-5-3-4-6-23(21)32(26(14)35)31-25(34)15(2)30-13-24(33)16-9-18(28)11-19(29)10-16/h3-12,14-15,24,30,33H,13H2,1-2H3,(H,31,34)/t14?,15-,24+/m0/s1. The van der Waals surface area contributed by atoms with Gasteiger partial charge in [-0.15, -0.1) is 0 Å². The zero-order valence-corrected chi connectivity index (χ0v) is 19.1. The van der Waals surface area contributed by atoms with Crippen molar-refractivity contribution in [1.82, 2.24) is 10.7 Å². The Balaban J connectivity index is 1.52. The van der Waals surface area contributed by atoms with Gasteiger partial charge in [0.1, 0.15) is 17.5 Å². The molecule has 2 amide bonds. The van der Waals surface area contributed by atoms with Gasteiger partial charge >= 0.3 is 0 Å². The van der Waals surface area contributed by atoms with Gasteiger partial charge in [0.05, 0.1) is 23.8 Å². The van der Waals surface area contributed by atoms with E-state index in [9.17, 15) is 27.9 Å². The van der Waals surface area contributed by atoms with Crippen LogP contribution in [0.15, 0.2) is 60.7 Å². The summed E-state index contributed by atoms with van der Waals surface area (Å²) in [4.78, 5) is 26.3. The van der Waals surface area contributed by atoms with Crippen molar-refractivity contribution in [1.29, 1.82) is 0 Å². The van der Waals surface area contributed by atoms with Gasteiger partial charge in [-0.1, -0.05) is 24.3 Å². The zero-order chi connectivity index (χ0) is 25.3. The molecule has 3 atom stereocenters. The molecule has 3 aromatic rings. The Labute approximate surface area is 200 Å². The number of aliphatic hydroxyl groups excluding tert-OH is 1. The number of hydrazine groups is 1. The predicted molar refractivity (Wildman–Crippen MR) is 125 cm³/mol. The number of benzene rings is 3. The number of carbonyl (C=O) groups is 2. The van der Waals surface area contributed by atoms with Crippen LogP contribution >= 0.6 is 0 Å². The maximum absolute atomic E-state index is 14.0. The molecule has 0 saturated carbocycles. The second kappa shape index (κ2) is 9.89. The lowest BCUT2D eigenvalue weighted by Crippen LogP contribution is -2.53. The van der Waals surface area contributed by atoms with E-state index in [-0.39, 0.29) is 12.1 Å². The summed E-state index contributed by atoms with van der Waals surface area (Å²) in [6.45, 7) is 3.04. The average Bonchev–Trinajstić information content (AvgIpc) is 2.91. The van der Waals surface area contributed by atoms with Crippen LogP contribution in [0.25, 0.3) is 11.1 Å². The fourth-order valence-corrected chi connectivity index (χ4v) is 4.07. The number of carbonyl (C=O) groups excluding carboxylic acids is 2. The van der Waals surface area contributed by atoms with E-state index in [1.807, 2.05) is 0 Å². The van der Waals surface area contributed by atoms with Crippen LogP contribution in [0, 0.1) is 17.5 Å². The number of nitrogens with one attached hydrogen (secondary N) is 2. The normalized spacial score (nSPS) is 16.7. The van der Waals surface area contributed by atoms with E-state index in [1.165, 1.54) is 19.1 Å². The van der Waals surface area contributed by atoms with Gasteiger partial charge in [-0.05, 0) is 60.9 Å². The zero-order valence-electron chi connectivity index (χ0n) is 19.1. The quantitative estimate of drug-likeness (QED) is 0.496. The molecule has 0 aliphatic carbocycles. The summed E-state index contributed by atoms with van der Waals surface area (Å²) in [7, 11) is 0. The molecule has 0 spiro atoms. The molecule has 9 heteroatoms. The third kappa shape index (κ3) is 5.06. The molecule has 0 radical (unpaired) electrons. The van der Waals surface area contributed by atoms with E-state index in [4.69, 9.17) is 0 Å². The molecule has 0 fully saturated rings. The van der Waals surface area contributed by atoms with Gasteiger partial charge in [-0.25, -0.2) is 18.2 Å². The van der Waals surface area contributed by atoms with Crippen LogP contribution in [-0.4, -0.2) is 29.5 Å². The van der Waals surface area contributed by atoms with Crippen molar-refractivity contribution in [3.05, 3.63) is 89.2 Å². The Morgan fingerprint density at radius 3 is 2.40 bits per heavy atom. The van der Waals surface area contributed by atoms with Gasteiger partial charge in [0.15, 0.2) is 0 Å². The first kappa shape index (κ1) is 24.4. The second-order valence-corrected chi connectivity index (χ2v) is 8.47. The highest BCUT2D eigenvalue weighted by atomic mass is 19.1. The molecule has 1 aliphatic rings. The highest BCUT2D eigenvalue weighted by molar-refractivity contribution is 6.06. The van der Waals surface area contributed by atoms with Crippen LogP contribution in [0.2, 0.25) is 0 Å². The summed E-state index contributed by atoms with van der Waals surface area (Å²) in [5.41, 5.74) is 4.82. The highest BCUT2D eigenvalue weighted by Crippen LogP contribution is 2.40. The van der Waals surface area contributed by atoms with Crippen LogP contribution < -0.4 is 15.8 Å². The number of anilines is 1. The number of fused-ring (bicyclic) bond motifs is 3. The van der Waals surface area contributed by atoms with E-state index in [0.717, 1.165) is 17.1 Å². The summed E-state index contributed by atoms with van der Waals surface area (Å²) in [5.74, 6) is -3.72. The number of amides is 2. The van der Waals surface area contributed by atoms with Crippen molar-refractivity contribution in [3.63, 3.8) is 0 Å². The molecular formula is C26H24F3N3O3. The maximum Gasteiger partial charge on any atom is 0.255 e. The number of nitrogens with zero attached hydrogens (tertiary/aromatic N) is 1. The Kier molecular flexibility index (Phi) is 6.90. The summed E-state index contributed by atoms with van der Waals surface area (Å²) >= 11 is 0. The monoisotopic (exact) mass is 483 g/mol. The lowest BCUT2D eigenvalue weighted by molar-refractivity contribution is -0.127. The molecule has 4 rings (SSSR count). The van der Waals surface area contributed by atoms with Gasteiger partial charge in [-0.3, -0.25) is 15.0 Å². The van der Waals surface area contributed by atoms with E-state index in [1.54, 1.807) is 37.3 Å². The molecule has 3 aromatic carbocycles. The smallest absolute Gasteiger partial charge is 0.255 e. The number of halogens is 3. The van der Waals surface area contributed by atoms with Crippen molar-refractivity contribution >= 4 is 17.5 Å². The molecule has 0 aromatic heterocycles. The van der Waals surface area contributed by atoms with Gasteiger partial charge < -0.3 is 10.4 Å². The molecule has 0 bridgehead atoms. The van der Waals surface area contributed by atoms with Crippen LogP contribution in [-0.2, 0) is 9.59 Å². The number of hydrogen-bond donors (Lipinski definition) is 3. The largest absolute Gasteiger partial charge is 0.387 e. The molecule has 3 N–H and O–H groups in total. The maximum atomic E-state index is 14.0. The number of hydrogen-bond acceptors (Lipinski definition) is 4. The Morgan fingerprint density at radius 2 is 1.69 bits per heavy atom.